The third-order valence-electron chi connectivity index (χ3n) is 2.69. The molecule has 3 nitrogen and oxygen atoms in total. The monoisotopic (exact) mass is 302 g/mol. The fraction of sp³-hybridized carbons (Fsp3) is 0.545. The zero-order valence-electron chi connectivity index (χ0n) is 8.96. The van der Waals surface area contributed by atoms with Crippen molar-refractivity contribution in [3.63, 3.8) is 0 Å². The lowest BCUT2D eigenvalue weighted by atomic mass is 10.0. The van der Waals surface area contributed by atoms with Crippen LogP contribution in [-0.4, -0.2) is 18.5 Å². The van der Waals surface area contributed by atoms with Crippen LogP contribution in [0.2, 0.25) is 0 Å². The molecule has 16 heavy (non-hydrogen) atoms. The van der Waals surface area contributed by atoms with Crippen LogP contribution >= 0.6 is 27.3 Å². The van der Waals surface area contributed by atoms with Gasteiger partial charge in [-0.1, -0.05) is 6.42 Å². The van der Waals surface area contributed by atoms with Crippen LogP contribution in [0.4, 0.5) is 0 Å². The smallest absolute Gasteiger partial charge is 0.237 e. The van der Waals surface area contributed by atoms with E-state index >= 15 is 0 Å². The summed E-state index contributed by atoms with van der Waals surface area (Å²) in [5.41, 5.74) is 0. The normalized spacial score (nSPS) is 20.7. The molecule has 0 aromatic carbocycles. The summed E-state index contributed by atoms with van der Waals surface area (Å²) in [7, 11) is 0. The summed E-state index contributed by atoms with van der Waals surface area (Å²) in [6.45, 7) is 1.59. The highest BCUT2D eigenvalue weighted by atomic mass is 79.9. The van der Waals surface area contributed by atoms with Crippen LogP contribution in [0.1, 0.15) is 24.1 Å². The predicted molar refractivity (Wildman–Crippen MR) is 69.5 cm³/mol. The maximum absolute atomic E-state index is 11.8. The van der Waals surface area contributed by atoms with E-state index in [4.69, 9.17) is 0 Å². The van der Waals surface area contributed by atoms with Gasteiger partial charge in [-0.05, 0) is 47.4 Å². The molecule has 1 saturated heterocycles. The van der Waals surface area contributed by atoms with E-state index in [1.165, 1.54) is 11.3 Å². The number of halogens is 1. The van der Waals surface area contributed by atoms with Gasteiger partial charge in [0.1, 0.15) is 0 Å². The fourth-order valence-electron chi connectivity index (χ4n) is 1.82. The second-order valence-electron chi connectivity index (χ2n) is 3.93. The van der Waals surface area contributed by atoms with E-state index < -0.39 is 0 Å². The second-order valence-corrected chi connectivity index (χ2v) is 6.47. The van der Waals surface area contributed by atoms with Gasteiger partial charge in [-0.2, -0.15) is 0 Å². The van der Waals surface area contributed by atoms with Gasteiger partial charge in [0.25, 0.3) is 0 Å². The van der Waals surface area contributed by atoms with Crippen molar-refractivity contribution in [2.75, 3.05) is 6.54 Å². The molecule has 0 bridgehead atoms. The Balaban J connectivity index is 1.78. The minimum Gasteiger partial charge on any atom is -0.350 e. The van der Waals surface area contributed by atoms with Gasteiger partial charge in [-0.25, -0.2) is 0 Å². The van der Waals surface area contributed by atoms with Crippen LogP contribution in [0.15, 0.2) is 15.9 Å². The van der Waals surface area contributed by atoms with Gasteiger partial charge >= 0.3 is 0 Å². The maximum Gasteiger partial charge on any atom is 0.237 e. The number of hydrogen-bond acceptors (Lipinski definition) is 3. The molecule has 1 unspecified atom stereocenters. The number of hydrogen-bond donors (Lipinski definition) is 2. The van der Waals surface area contributed by atoms with E-state index in [-0.39, 0.29) is 11.9 Å². The number of carbonyl (C=O) groups is 1. The molecule has 0 spiro atoms. The van der Waals surface area contributed by atoms with Crippen molar-refractivity contribution >= 4 is 33.2 Å². The highest BCUT2D eigenvalue weighted by Crippen LogP contribution is 2.21. The third-order valence-corrected chi connectivity index (χ3v) is 4.32. The molecule has 1 fully saturated rings. The Bertz CT molecular complexity index is 361. The van der Waals surface area contributed by atoms with Crippen molar-refractivity contribution in [2.24, 2.45) is 0 Å². The van der Waals surface area contributed by atoms with Gasteiger partial charge in [0.15, 0.2) is 0 Å². The summed E-state index contributed by atoms with van der Waals surface area (Å²) in [6.07, 6.45) is 3.29. The van der Waals surface area contributed by atoms with E-state index in [2.05, 4.69) is 26.6 Å². The first-order valence-corrected chi connectivity index (χ1v) is 7.12. The molecule has 1 aliphatic rings. The topological polar surface area (TPSA) is 41.1 Å². The summed E-state index contributed by atoms with van der Waals surface area (Å²) in [5.74, 6) is 0.129. The quantitative estimate of drug-likeness (QED) is 0.899. The summed E-state index contributed by atoms with van der Waals surface area (Å²) in [4.78, 5) is 13.0. The lowest BCUT2D eigenvalue weighted by Gasteiger charge is -2.22. The zero-order chi connectivity index (χ0) is 11.4. The first kappa shape index (κ1) is 12.1. The molecule has 1 aromatic heterocycles. The summed E-state index contributed by atoms with van der Waals surface area (Å²) in [5, 5.41) is 6.21. The fourth-order valence-corrected chi connectivity index (χ4v) is 3.24. The molecule has 88 valence electrons. The summed E-state index contributed by atoms with van der Waals surface area (Å²) in [6, 6.07) is 4.05. The van der Waals surface area contributed by atoms with Gasteiger partial charge in [-0.15, -0.1) is 11.3 Å². The molecule has 1 atom stereocenters. The average molecular weight is 303 g/mol. The van der Waals surface area contributed by atoms with E-state index in [0.717, 1.165) is 23.2 Å². The van der Waals surface area contributed by atoms with E-state index in [1.54, 1.807) is 11.3 Å². The van der Waals surface area contributed by atoms with E-state index in [9.17, 15) is 4.79 Å². The molecule has 2 rings (SSSR count). The van der Waals surface area contributed by atoms with Crippen molar-refractivity contribution in [1.29, 1.82) is 0 Å². The number of thiophene rings is 1. The molecule has 0 aliphatic carbocycles. The molecular formula is C11H15BrN2OS. The van der Waals surface area contributed by atoms with Gasteiger partial charge < -0.3 is 10.6 Å². The first-order valence-electron chi connectivity index (χ1n) is 5.51. The SMILES string of the molecule is O=C(NCc1ccc(Br)s1)C1CCCCN1. The molecule has 2 heterocycles. The van der Waals surface area contributed by atoms with Gasteiger partial charge in [0.05, 0.1) is 16.4 Å². The lowest BCUT2D eigenvalue weighted by Crippen LogP contribution is -2.46. The minimum absolute atomic E-state index is 0.0113. The molecule has 0 radical (unpaired) electrons. The highest BCUT2D eigenvalue weighted by Gasteiger charge is 2.19. The van der Waals surface area contributed by atoms with Crippen molar-refractivity contribution in [3.05, 3.63) is 20.8 Å². The summed E-state index contributed by atoms with van der Waals surface area (Å²) >= 11 is 5.07. The Labute approximate surface area is 108 Å². The van der Waals surface area contributed by atoms with Crippen LogP contribution in [0.3, 0.4) is 0 Å². The van der Waals surface area contributed by atoms with Crippen molar-refractivity contribution in [2.45, 2.75) is 31.8 Å². The van der Waals surface area contributed by atoms with Crippen molar-refractivity contribution in [3.8, 4) is 0 Å². The van der Waals surface area contributed by atoms with Gasteiger partial charge in [0, 0.05) is 4.88 Å². The van der Waals surface area contributed by atoms with Crippen molar-refractivity contribution in [1.82, 2.24) is 10.6 Å². The largest absolute Gasteiger partial charge is 0.350 e. The Morgan fingerprint density at radius 3 is 3.06 bits per heavy atom. The number of rotatable bonds is 3. The number of amides is 1. The molecule has 5 heteroatoms. The maximum atomic E-state index is 11.8. The standard InChI is InChI=1S/C11H15BrN2OS/c12-10-5-4-8(16-10)7-14-11(15)9-3-1-2-6-13-9/h4-5,9,13H,1-3,6-7H2,(H,14,15). The molecular weight excluding hydrogens is 288 g/mol. The van der Waals surface area contributed by atoms with Crippen LogP contribution in [0.25, 0.3) is 0 Å². The first-order chi connectivity index (χ1) is 7.75. The van der Waals surface area contributed by atoms with E-state index in [0.29, 0.717) is 6.54 Å². The van der Waals surface area contributed by atoms with Crippen LogP contribution in [0, 0.1) is 0 Å². The summed E-state index contributed by atoms with van der Waals surface area (Å²) < 4.78 is 1.10. The Morgan fingerprint density at radius 1 is 1.56 bits per heavy atom. The zero-order valence-corrected chi connectivity index (χ0v) is 11.4. The molecule has 0 saturated carbocycles. The predicted octanol–water partition coefficient (Wildman–Crippen LogP) is 2.27. The van der Waals surface area contributed by atoms with Crippen LogP contribution in [-0.2, 0) is 11.3 Å². The number of nitrogens with one attached hydrogen (secondary N) is 2. The average Bonchev–Trinajstić information content (AvgIpc) is 2.73. The lowest BCUT2D eigenvalue weighted by molar-refractivity contribution is -0.123. The molecule has 1 amide bonds. The Kier molecular flexibility index (Phi) is 4.37. The Hall–Kier alpha value is -0.390. The molecule has 1 aromatic rings. The van der Waals surface area contributed by atoms with Crippen LogP contribution < -0.4 is 10.6 Å². The van der Waals surface area contributed by atoms with Gasteiger partial charge in [-0.3, -0.25) is 4.79 Å². The third kappa shape index (κ3) is 3.30. The van der Waals surface area contributed by atoms with Crippen molar-refractivity contribution < 1.29 is 4.79 Å². The molecule has 2 N–H and O–H groups in total. The highest BCUT2D eigenvalue weighted by molar-refractivity contribution is 9.11. The van der Waals surface area contributed by atoms with Crippen LogP contribution in [0.5, 0.6) is 0 Å². The number of piperidine rings is 1. The van der Waals surface area contributed by atoms with E-state index in [1.807, 2.05) is 12.1 Å². The van der Waals surface area contributed by atoms with Gasteiger partial charge in [0.2, 0.25) is 5.91 Å². The minimum atomic E-state index is 0.0113. The molecule has 1 aliphatic heterocycles. The second kappa shape index (κ2) is 5.80. The number of carbonyl (C=O) groups excluding carboxylic acids is 1. The Morgan fingerprint density at radius 2 is 2.44 bits per heavy atom.